The lowest BCUT2D eigenvalue weighted by molar-refractivity contribution is 0.407. The first-order valence-corrected chi connectivity index (χ1v) is 5.98. The Kier molecular flexibility index (Phi) is 2.44. The SMILES string of the molecule is CCC1NCCn2c(-c3cn[nH]c3C)nnc21. The van der Waals surface area contributed by atoms with Gasteiger partial charge < -0.3 is 9.88 Å². The maximum Gasteiger partial charge on any atom is 0.167 e. The van der Waals surface area contributed by atoms with Crippen molar-refractivity contribution in [2.45, 2.75) is 32.9 Å². The fraction of sp³-hybridized carbons (Fsp3) is 0.545. The molecule has 0 saturated carbocycles. The van der Waals surface area contributed by atoms with Crippen LogP contribution < -0.4 is 5.32 Å². The van der Waals surface area contributed by atoms with E-state index in [2.05, 4.69) is 37.2 Å². The van der Waals surface area contributed by atoms with Crippen LogP contribution in [0.25, 0.3) is 11.4 Å². The number of nitrogens with one attached hydrogen (secondary N) is 2. The van der Waals surface area contributed by atoms with Gasteiger partial charge in [-0.3, -0.25) is 5.10 Å². The maximum absolute atomic E-state index is 4.31. The van der Waals surface area contributed by atoms with Crippen LogP contribution in [0, 0.1) is 6.92 Å². The Labute approximate surface area is 99.4 Å². The number of aromatic amines is 1. The van der Waals surface area contributed by atoms with Gasteiger partial charge in [-0.2, -0.15) is 5.10 Å². The molecule has 1 aliphatic heterocycles. The van der Waals surface area contributed by atoms with E-state index in [9.17, 15) is 0 Å². The van der Waals surface area contributed by atoms with Gasteiger partial charge >= 0.3 is 0 Å². The Morgan fingerprint density at radius 3 is 3.06 bits per heavy atom. The predicted molar refractivity (Wildman–Crippen MR) is 63.4 cm³/mol. The minimum Gasteiger partial charge on any atom is -0.308 e. The van der Waals surface area contributed by atoms with Crippen molar-refractivity contribution < 1.29 is 0 Å². The normalized spacial score (nSPS) is 19.3. The Hall–Kier alpha value is -1.69. The first-order valence-electron chi connectivity index (χ1n) is 5.98. The van der Waals surface area contributed by atoms with Crippen LogP contribution in [-0.4, -0.2) is 31.5 Å². The maximum atomic E-state index is 4.31. The summed E-state index contributed by atoms with van der Waals surface area (Å²) in [7, 11) is 0. The van der Waals surface area contributed by atoms with Crippen molar-refractivity contribution in [3.63, 3.8) is 0 Å². The molecule has 1 aliphatic rings. The molecule has 2 aromatic heterocycles. The van der Waals surface area contributed by atoms with Crippen molar-refractivity contribution in [3.05, 3.63) is 17.7 Å². The second-order valence-electron chi connectivity index (χ2n) is 4.36. The fourth-order valence-electron chi connectivity index (χ4n) is 2.34. The molecule has 0 saturated heterocycles. The van der Waals surface area contributed by atoms with E-state index in [0.717, 1.165) is 42.4 Å². The van der Waals surface area contributed by atoms with Crippen LogP contribution in [0.3, 0.4) is 0 Å². The van der Waals surface area contributed by atoms with Gasteiger partial charge in [0, 0.05) is 18.8 Å². The lowest BCUT2D eigenvalue weighted by Crippen LogP contribution is -2.33. The van der Waals surface area contributed by atoms with E-state index in [1.54, 1.807) is 0 Å². The van der Waals surface area contributed by atoms with Gasteiger partial charge in [0.25, 0.3) is 0 Å². The summed E-state index contributed by atoms with van der Waals surface area (Å²) in [6, 6.07) is 0.317. The first-order chi connectivity index (χ1) is 8.31. The molecule has 0 radical (unpaired) electrons. The zero-order valence-electron chi connectivity index (χ0n) is 10.1. The number of H-pyrrole nitrogens is 1. The average molecular weight is 232 g/mol. The number of nitrogens with zero attached hydrogens (tertiary/aromatic N) is 4. The Balaban J connectivity index is 2.09. The number of hydrogen-bond acceptors (Lipinski definition) is 4. The molecule has 0 fully saturated rings. The Morgan fingerprint density at radius 1 is 1.47 bits per heavy atom. The van der Waals surface area contributed by atoms with Crippen LogP contribution in [0.15, 0.2) is 6.20 Å². The largest absolute Gasteiger partial charge is 0.308 e. The van der Waals surface area contributed by atoms with E-state index in [1.807, 2.05) is 13.1 Å². The zero-order chi connectivity index (χ0) is 11.8. The third kappa shape index (κ3) is 1.56. The van der Waals surface area contributed by atoms with Gasteiger partial charge in [0.2, 0.25) is 0 Å². The summed E-state index contributed by atoms with van der Waals surface area (Å²) in [5.41, 5.74) is 2.08. The third-order valence-corrected chi connectivity index (χ3v) is 3.30. The van der Waals surface area contributed by atoms with E-state index in [4.69, 9.17) is 0 Å². The minimum atomic E-state index is 0.317. The van der Waals surface area contributed by atoms with Crippen LogP contribution in [0.5, 0.6) is 0 Å². The second-order valence-corrected chi connectivity index (χ2v) is 4.36. The smallest absolute Gasteiger partial charge is 0.167 e. The van der Waals surface area contributed by atoms with Gasteiger partial charge in [0.05, 0.1) is 17.8 Å². The molecule has 2 aromatic rings. The summed E-state index contributed by atoms with van der Waals surface area (Å²) in [5, 5.41) is 19.1. The standard InChI is InChI=1S/C11H16N6/c1-3-9-11-16-15-10(17(11)5-4-12-9)8-6-13-14-7(8)2/h6,9,12H,3-5H2,1-2H3,(H,13,14). The highest BCUT2D eigenvalue weighted by molar-refractivity contribution is 5.57. The van der Waals surface area contributed by atoms with Crippen LogP contribution in [0.1, 0.15) is 30.9 Å². The highest BCUT2D eigenvalue weighted by Crippen LogP contribution is 2.25. The lowest BCUT2D eigenvalue weighted by atomic mass is 10.1. The lowest BCUT2D eigenvalue weighted by Gasteiger charge is -2.23. The molecule has 0 aliphatic carbocycles. The summed E-state index contributed by atoms with van der Waals surface area (Å²) in [4.78, 5) is 0. The summed E-state index contributed by atoms with van der Waals surface area (Å²) in [6.07, 6.45) is 2.85. The Bertz CT molecular complexity index is 526. The van der Waals surface area contributed by atoms with Crippen LogP contribution in [0.2, 0.25) is 0 Å². The van der Waals surface area contributed by atoms with Crippen molar-refractivity contribution in [3.8, 4) is 11.4 Å². The molecule has 6 nitrogen and oxygen atoms in total. The van der Waals surface area contributed by atoms with Crippen LogP contribution in [-0.2, 0) is 6.54 Å². The summed E-state index contributed by atoms with van der Waals surface area (Å²) < 4.78 is 2.20. The average Bonchev–Trinajstić information content (AvgIpc) is 2.94. The van der Waals surface area contributed by atoms with Crippen molar-refractivity contribution in [1.82, 2.24) is 30.3 Å². The summed E-state index contributed by atoms with van der Waals surface area (Å²) >= 11 is 0. The molecule has 0 spiro atoms. The number of hydrogen-bond donors (Lipinski definition) is 2. The summed E-state index contributed by atoms with van der Waals surface area (Å²) in [5.74, 6) is 1.96. The predicted octanol–water partition coefficient (Wildman–Crippen LogP) is 1.03. The van der Waals surface area contributed by atoms with Crippen molar-refractivity contribution in [2.75, 3.05) is 6.54 Å². The van der Waals surface area contributed by atoms with Gasteiger partial charge in [-0.1, -0.05) is 6.92 Å². The van der Waals surface area contributed by atoms with Crippen molar-refractivity contribution in [1.29, 1.82) is 0 Å². The molecule has 6 heteroatoms. The molecule has 3 heterocycles. The minimum absolute atomic E-state index is 0.317. The zero-order valence-corrected chi connectivity index (χ0v) is 10.1. The monoisotopic (exact) mass is 232 g/mol. The molecule has 90 valence electrons. The third-order valence-electron chi connectivity index (χ3n) is 3.30. The highest BCUT2D eigenvalue weighted by Gasteiger charge is 2.24. The molecular weight excluding hydrogens is 216 g/mol. The molecule has 2 N–H and O–H groups in total. The number of aryl methyl sites for hydroxylation is 1. The van der Waals surface area contributed by atoms with E-state index in [-0.39, 0.29) is 0 Å². The van der Waals surface area contributed by atoms with Crippen LogP contribution in [0.4, 0.5) is 0 Å². The molecule has 1 atom stereocenters. The van der Waals surface area contributed by atoms with Gasteiger partial charge in [-0.15, -0.1) is 10.2 Å². The Morgan fingerprint density at radius 2 is 2.35 bits per heavy atom. The molecule has 3 rings (SSSR count). The topological polar surface area (TPSA) is 71.4 Å². The van der Waals surface area contributed by atoms with Gasteiger partial charge in [-0.25, -0.2) is 0 Å². The van der Waals surface area contributed by atoms with Crippen molar-refractivity contribution in [2.24, 2.45) is 0 Å². The first kappa shape index (κ1) is 10.5. The van der Waals surface area contributed by atoms with E-state index in [1.165, 1.54) is 0 Å². The quantitative estimate of drug-likeness (QED) is 0.811. The molecule has 0 bridgehead atoms. The van der Waals surface area contributed by atoms with E-state index in [0.29, 0.717) is 6.04 Å². The highest BCUT2D eigenvalue weighted by atomic mass is 15.3. The van der Waals surface area contributed by atoms with Gasteiger partial charge in [0.15, 0.2) is 11.6 Å². The molecule has 0 amide bonds. The fourth-order valence-corrected chi connectivity index (χ4v) is 2.34. The van der Waals surface area contributed by atoms with E-state index >= 15 is 0 Å². The second kappa shape index (κ2) is 3.96. The number of fused-ring (bicyclic) bond motifs is 1. The molecular formula is C11H16N6. The van der Waals surface area contributed by atoms with Crippen molar-refractivity contribution >= 4 is 0 Å². The molecule has 17 heavy (non-hydrogen) atoms. The molecule has 0 aromatic carbocycles. The number of rotatable bonds is 2. The summed E-state index contributed by atoms with van der Waals surface area (Å²) in [6.45, 7) is 6.04. The van der Waals surface area contributed by atoms with Gasteiger partial charge in [-0.05, 0) is 13.3 Å². The molecule has 1 unspecified atom stereocenters. The van der Waals surface area contributed by atoms with E-state index < -0.39 is 0 Å². The van der Waals surface area contributed by atoms with Gasteiger partial charge in [0.1, 0.15) is 0 Å². The number of aromatic nitrogens is 5. The van der Waals surface area contributed by atoms with Crippen LogP contribution >= 0.6 is 0 Å².